The maximum absolute atomic E-state index is 11.3. The molecule has 3 N–H and O–H groups in total. The van der Waals surface area contributed by atoms with Crippen molar-refractivity contribution in [1.29, 1.82) is 0 Å². The number of nitrogens with one attached hydrogen (secondary N) is 1. The SMILES string of the molecule is NNC(=O)c1ccc(CSc2ncco2)c(Br)c1. The number of rotatable bonds is 4. The fraction of sp³-hybridized carbons (Fsp3) is 0.0909. The molecule has 0 aliphatic heterocycles. The normalized spacial score (nSPS) is 10.3. The van der Waals surface area contributed by atoms with Gasteiger partial charge in [-0.1, -0.05) is 33.8 Å². The Labute approximate surface area is 116 Å². The van der Waals surface area contributed by atoms with Crippen molar-refractivity contribution >= 4 is 33.6 Å². The van der Waals surface area contributed by atoms with Crippen molar-refractivity contribution in [1.82, 2.24) is 10.4 Å². The molecule has 5 nitrogen and oxygen atoms in total. The van der Waals surface area contributed by atoms with Crippen LogP contribution in [0.3, 0.4) is 0 Å². The number of nitrogen functional groups attached to an aromatic ring is 1. The van der Waals surface area contributed by atoms with E-state index >= 15 is 0 Å². The summed E-state index contributed by atoms with van der Waals surface area (Å²) in [6, 6.07) is 5.32. The third kappa shape index (κ3) is 3.12. The number of carbonyl (C=O) groups excluding carboxylic acids is 1. The van der Waals surface area contributed by atoms with Gasteiger partial charge >= 0.3 is 0 Å². The van der Waals surface area contributed by atoms with Gasteiger partial charge in [-0.2, -0.15) is 0 Å². The molecular formula is C11H10BrN3O2S. The van der Waals surface area contributed by atoms with Crippen LogP contribution in [0.15, 0.2) is 44.8 Å². The molecule has 0 fully saturated rings. The van der Waals surface area contributed by atoms with E-state index < -0.39 is 0 Å². The van der Waals surface area contributed by atoms with Crippen molar-refractivity contribution in [3.63, 3.8) is 0 Å². The first-order valence-corrected chi connectivity index (χ1v) is 6.80. The minimum absolute atomic E-state index is 0.317. The molecule has 0 bridgehead atoms. The van der Waals surface area contributed by atoms with Crippen LogP contribution in [0.25, 0.3) is 0 Å². The number of oxazole rings is 1. The highest BCUT2D eigenvalue weighted by Crippen LogP contribution is 2.26. The van der Waals surface area contributed by atoms with Gasteiger partial charge in [-0.05, 0) is 17.7 Å². The van der Waals surface area contributed by atoms with Gasteiger partial charge in [0, 0.05) is 15.8 Å². The van der Waals surface area contributed by atoms with E-state index in [0.29, 0.717) is 16.5 Å². The third-order valence-electron chi connectivity index (χ3n) is 2.21. The molecule has 0 atom stereocenters. The number of thioether (sulfide) groups is 1. The molecule has 1 amide bonds. The van der Waals surface area contributed by atoms with E-state index in [1.807, 2.05) is 6.07 Å². The Morgan fingerprint density at radius 2 is 2.39 bits per heavy atom. The van der Waals surface area contributed by atoms with Crippen molar-refractivity contribution < 1.29 is 9.21 Å². The predicted octanol–water partition coefficient (Wildman–Crippen LogP) is 2.33. The van der Waals surface area contributed by atoms with Gasteiger partial charge < -0.3 is 4.42 Å². The summed E-state index contributed by atoms with van der Waals surface area (Å²) in [5, 5.41) is 0.616. The number of hydrogen-bond acceptors (Lipinski definition) is 5. The zero-order valence-corrected chi connectivity index (χ0v) is 11.6. The van der Waals surface area contributed by atoms with Crippen LogP contribution in [0.1, 0.15) is 15.9 Å². The fourth-order valence-electron chi connectivity index (χ4n) is 1.31. The Hall–Kier alpha value is -1.31. The number of aromatic nitrogens is 1. The number of carbonyl (C=O) groups is 1. The molecular weight excluding hydrogens is 318 g/mol. The molecule has 0 aliphatic carbocycles. The van der Waals surface area contributed by atoms with Crippen LogP contribution in [0.4, 0.5) is 0 Å². The molecule has 0 spiro atoms. The lowest BCUT2D eigenvalue weighted by atomic mass is 10.1. The Balaban J connectivity index is 2.08. The van der Waals surface area contributed by atoms with E-state index in [4.69, 9.17) is 10.3 Å². The number of nitrogens with zero attached hydrogens (tertiary/aromatic N) is 1. The van der Waals surface area contributed by atoms with Crippen molar-refractivity contribution in [2.24, 2.45) is 5.84 Å². The minimum atomic E-state index is -0.317. The third-order valence-corrected chi connectivity index (χ3v) is 3.85. The summed E-state index contributed by atoms with van der Waals surface area (Å²) in [6.45, 7) is 0. The van der Waals surface area contributed by atoms with Gasteiger partial charge in [-0.3, -0.25) is 10.2 Å². The standard InChI is InChI=1S/C11H10BrN3O2S/c12-9-5-7(10(16)15-13)1-2-8(9)6-18-11-14-3-4-17-11/h1-5H,6,13H2,(H,15,16). The number of hydrogen-bond donors (Lipinski definition) is 2. The monoisotopic (exact) mass is 327 g/mol. The van der Waals surface area contributed by atoms with Crippen LogP contribution < -0.4 is 11.3 Å². The van der Waals surface area contributed by atoms with Crippen LogP contribution in [0, 0.1) is 0 Å². The summed E-state index contributed by atoms with van der Waals surface area (Å²) in [4.78, 5) is 15.4. The molecule has 0 aliphatic rings. The van der Waals surface area contributed by atoms with Crippen molar-refractivity contribution in [3.8, 4) is 0 Å². The van der Waals surface area contributed by atoms with E-state index in [-0.39, 0.29) is 5.91 Å². The molecule has 1 aromatic heterocycles. The average Bonchev–Trinajstić information content (AvgIpc) is 2.89. The van der Waals surface area contributed by atoms with Crippen LogP contribution in [0.5, 0.6) is 0 Å². The number of halogens is 1. The molecule has 0 radical (unpaired) electrons. The summed E-state index contributed by atoms with van der Waals surface area (Å²) in [6.07, 6.45) is 3.14. The van der Waals surface area contributed by atoms with Crippen LogP contribution in [0.2, 0.25) is 0 Å². The molecule has 7 heteroatoms. The van der Waals surface area contributed by atoms with Gasteiger partial charge in [0.1, 0.15) is 6.26 Å². The van der Waals surface area contributed by atoms with Crippen LogP contribution in [-0.4, -0.2) is 10.9 Å². The predicted molar refractivity (Wildman–Crippen MR) is 71.9 cm³/mol. The molecule has 0 unspecified atom stereocenters. The maximum Gasteiger partial charge on any atom is 0.265 e. The van der Waals surface area contributed by atoms with Crippen molar-refractivity contribution in [2.45, 2.75) is 11.0 Å². The van der Waals surface area contributed by atoms with Gasteiger partial charge in [0.2, 0.25) is 0 Å². The lowest BCUT2D eigenvalue weighted by molar-refractivity contribution is 0.0953. The Bertz CT molecular complexity index is 545. The van der Waals surface area contributed by atoms with E-state index in [9.17, 15) is 4.79 Å². The average molecular weight is 328 g/mol. The first-order valence-electron chi connectivity index (χ1n) is 5.02. The van der Waals surface area contributed by atoms with E-state index in [1.54, 1.807) is 18.3 Å². The van der Waals surface area contributed by atoms with Gasteiger partial charge in [0.25, 0.3) is 11.1 Å². The topological polar surface area (TPSA) is 81.1 Å². The molecule has 18 heavy (non-hydrogen) atoms. The maximum atomic E-state index is 11.3. The molecule has 1 aromatic carbocycles. The summed E-state index contributed by atoms with van der Waals surface area (Å²) < 4.78 is 5.98. The second-order valence-electron chi connectivity index (χ2n) is 3.37. The molecule has 2 aromatic rings. The smallest absolute Gasteiger partial charge is 0.265 e. The first-order chi connectivity index (χ1) is 8.70. The second-order valence-corrected chi connectivity index (χ2v) is 5.15. The number of hydrazine groups is 1. The van der Waals surface area contributed by atoms with Gasteiger partial charge in [0.15, 0.2) is 0 Å². The van der Waals surface area contributed by atoms with Crippen LogP contribution >= 0.6 is 27.7 Å². The second kappa shape index (κ2) is 6.03. The highest BCUT2D eigenvalue weighted by atomic mass is 79.9. The van der Waals surface area contributed by atoms with E-state index in [2.05, 4.69) is 26.3 Å². The molecule has 2 rings (SSSR count). The Morgan fingerprint density at radius 1 is 1.56 bits per heavy atom. The number of amides is 1. The minimum Gasteiger partial charge on any atom is -0.440 e. The molecule has 0 saturated heterocycles. The van der Waals surface area contributed by atoms with E-state index in [0.717, 1.165) is 10.0 Å². The quantitative estimate of drug-likeness (QED) is 0.390. The van der Waals surface area contributed by atoms with Gasteiger partial charge in [0.05, 0.1) is 6.20 Å². The Morgan fingerprint density at radius 3 is 3.00 bits per heavy atom. The van der Waals surface area contributed by atoms with Crippen molar-refractivity contribution in [2.75, 3.05) is 0 Å². The summed E-state index contributed by atoms with van der Waals surface area (Å²) >= 11 is 4.91. The molecule has 0 saturated carbocycles. The first kappa shape index (κ1) is 13.1. The fourth-order valence-corrected chi connectivity index (χ4v) is 2.80. The summed E-state index contributed by atoms with van der Waals surface area (Å²) in [5.41, 5.74) is 3.65. The molecule has 1 heterocycles. The zero-order chi connectivity index (χ0) is 13.0. The lowest BCUT2D eigenvalue weighted by Crippen LogP contribution is -2.29. The van der Waals surface area contributed by atoms with Gasteiger partial charge in [-0.15, -0.1) is 0 Å². The highest BCUT2D eigenvalue weighted by molar-refractivity contribution is 9.10. The number of benzene rings is 1. The summed E-state index contributed by atoms with van der Waals surface area (Å²) in [7, 11) is 0. The highest BCUT2D eigenvalue weighted by Gasteiger charge is 2.08. The number of nitrogens with two attached hydrogens (primary N) is 1. The Kier molecular flexibility index (Phi) is 4.40. The van der Waals surface area contributed by atoms with Gasteiger partial charge in [-0.25, -0.2) is 10.8 Å². The van der Waals surface area contributed by atoms with Crippen LogP contribution in [-0.2, 0) is 5.75 Å². The lowest BCUT2D eigenvalue weighted by Gasteiger charge is -2.05. The zero-order valence-electron chi connectivity index (χ0n) is 9.22. The largest absolute Gasteiger partial charge is 0.440 e. The molecule has 94 valence electrons. The van der Waals surface area contributed by atoms with Crippen molar-refractivity contribution in [3.05, 3.63) is 46.3 Å². The van der Waals surface area contributed by atoms with E-state index in [1.165, 1.54) is 18.0 Å². The summed E-state index contributed by atoms with van der Waals surface area (Å²) in [5.74, 6) is 5.46.